The number of aromatic nitrogens is 1. The van der Waals surface area contributed by atoms with Crippen LogP contribution in [0.3, 0.4) is 0 Å². The zero-order valence-electron chi connectivity index (χ0n) is 7.74. The Morgan fingerprint density at radius 1 is 1.79 bits per heavy atom. The molecule has 0 aromatic carbocycles. The van der Waals surface area contributed by atoms with Crippen LogP contribution < -0.4 is 5.73 Å². The smallest absolute Gasteiger partial charge is 0.307 e. The summed E-state index contributed by atoms with van der Waals surface area (Å²) in [6, 6.07) is 2.81. The molecule has 0 saturated heterocycles. The summed E-state index contributed by atoms with van der Waals surface area (Å²) in [6.45, 7) is 0. The Kier molecular flexibility index (Phi) is 3.85. The second kappa shape index (κ2) is 4.93. The molecule has 0 bridgehead atoms. The fourth-order valence-electron chi connectivity index (χ4n) is 0.991. The molecule has 5 heteroatoms. The number of hydrogen-bond acceptors (Lipinski definition) is 4. The lowest BCUT2D eigenvalue weighted by Crippen LogP contribution is -2.17. The van der Waals surface area contributed by atoms with Crippen molar-refractivity contribution in [1.29, 1.82) is 0 Å². The van der Waals surface area contributed by atoms with Crippen molar-refractivity contribution in [3.8, 4) is 0 Å². The maximum atomic E-state index is 10.9. The molecule has 0 aliphatic carbocycles. The van der Waals surface area contributed by atoms with Gasteiger partial charge in [-0.25, -0.2) is 0 Å². The summed E-state index contributed by atoms with van der Waals surface area (Å²) in [4.78, 5) is 14.9. The van der Waals surface area contributed by atoms with Crippen LogP contribution in [0.2, 0.25) is 5.02 Å². The van der Waals surface area contributed by atoms with E-state index in [9.17, 15) is 4.79 Å². The van der Waals surface area contributed by atoms with Gasteiger partial charge in [-0.1, -0.05) is 11.6 Å². The molecule has 14 heavy (non-hydrogen) atoms. The third-order valence-electron chi connectivity index (χ3n) is 1.74. The molecule has 1 heterocycles. The summed E-state index contributed by atoms with van der Waals surface area (Å²) >= 11 is 5.75. The van der Waals surface area contributed by atoms with Gasteiger partial charge in [0.2, 0.25) is 0 Å². The highest BCUT2D eigenvalue weighted by Gasteiger charge is 2.12. The molecule has 0 saturated carbocycles. The lowest BCUT2D eigenvalue weighted by Gasteiger charge is -2.09. The molecule has 1 aromatic heterocycles. The number of carbonyl (C=O) groups is 1. The lowest BCUT2D eigenvalue weighted by atomic mass is 10.1. The monoisotopic (exact) mass is 214 g/mol. The van der Waals surface area contributed by atoms with Gasteiger partial charge in [0.25, 0.3) is 0 Å². The van der Waals surface area contributed by atoms with E-state index in [4.69, 9.17) is 17.3 Å². The number of pyridine rings is 1. The van der Waals surface area contributed by atoms with Crippen LogP contribution >= 0.6 is 11.6 Å². The molecule has 1 unspecified atom stereocenters. The molecule has 0 radical (unpaired) electrons. The van der Waals surface area contributed by atoms with Gasteiger partial charge in [0.15, 0.2) is 0 Å². The van der Waals surface area contributed by atoms with Crippen LogP contribution in [0.25, 0.3) is 0 Å². The SMILES string of the molecule is COC(=O)CC(N)c1cc(Cl)ccn1. The standard InChI is InChI=1S/C9H11ClN2O2/c1-14-9(13)5-7(11)8-4-6(10)2-3-12-8/h2-4,7H,5,11H2,1H3. The van der Waals surface area contributed by atoms with Crippen molar-refractivity contribution in [3.63, 3.8) is 0 Å². The van der Waals surface area contributed by atoms with E-state index in [0.717, 1.165) is 0 Å². The Bertz CT molecular complexity index is 330. The van der Waals surface area contributed by atoms with Crippen LogP contribution in [0.15, 0.2) is 18.3 Å². The number of esters is 1. The summed E-state index contributed by atoms with van der Waals surface area (Å²) in [7, 11) is 1.32. The lowest BCUT2D eigenvalue weighted by molar-refractivity contribution is -0.141. The summed E-state index contributed by atoms with van der Waals surface area (Å²) in [5.41, 5.74) is 6.30. The van der Waals surface area contributed by atoms with E-state index >= 15 is 0 Å². The van der Waals surface area contributed by atoms with Gasteiger partial charge in [-0.2, -0.15) is 0 Å². The maximum Gasteiger partial charge on any atom is 0.307 e. The first-order valence-corrected chi connectivity index (χ1v) is 4.45. The Hall–Kier alpha value is -1.13. The largest absolute Gasteiger partial charge is 0.469 e. The van der Waals surface area contributed by atoms with Crippen LogP contribution in [0.4, 0.5) is 0 Å². The minimum atomic E-state index is -0.471. The van der Waals surface area contributed by atoms with Gasteiger partial charge in [0.05, 0.1) is 25.3 Å². The van der Waals surface area contributed by atoms with Crippen molar-refractivity contribution in [2.75, 3.05) is 7.11 Å². The fourth-order valence-corrected chi connectivity index (χ4v) is 1.16. The first kappa shape index (κ1) is 10.9. The highest BCUT2D eigenvalue weighted by molar-refractivity contribution is 6.30. The summed E-state index contributed by atoms with van der Waals surface area (Å²) in [5.74, 6) is -0.362. The molecule has 2 N–H and O–H groups in total. The van der Waals surface area contributed by atoms with Gasteiger partial charge in [-0.05, 0) is 12.1 Å². The Morgan fingerprint density at radius 2 is 2.50 bits per heavy atom. The average Bonchev–Trinajstić information content (AvgIpc) is 2.17. The van der Waals surface area contributed by atoms with Crippen LogP contribution in [0.1, 0.15) is 18.2 Å². The molecule has 4 nitrogen and oxygen atoms in total. The van der Waals surface area contributed by atoms with Crippen LogP contribution in [-0.4, -0.2) is 18.1 Å². The summed E-state index contributed by atoms with van der Waals surface area (Å²) in [5, 5.41) is 0.551. The van der Waals surface area contributed by atoms with Crippen molar-refractivity contribution in [2.45, 2.75) is 12.5 Å². The number of nitrogens with zero attached hydrogens (tertiary/aromatic N) is 1. The highest BCUT2D eigenvalue weighted by Crippen LogP contribution is 2.15. The van der Waals surface area contributed by atoms with Gasteiger partial charge in [0, 0.05) is 11.2 Å². The molecule has 0 aliphatic heterocycles. The minimum absolute atomic E-state index is 0.101. The maximum absolute atomic E-state index is 10.9. The van der Waals surface area contributed by atoms with Crippen LogP contribution in [-0.2, 0) is 9.53 Å². The third kappa shape index (κ3) is 2.97. The second-order valence-corrected chi connectivity index (χ2v) is 3.22. The molecule has 0 fully saturated rings. The molecular weight excluding hydrogens is 204 g/mol. The first-order chi connectivity index (χ1) is 6.63. The number of ether oxygens (including phenoxy) is 1. The van der Waals surface area contributed by atoms with E-state index < -0.39 is 6.04 Å². The van der Waals surface area contributed by atoms with Crippen molar-refractivity contribution in [1.82, 2.24) is 4.98 Å². The molecule has 0 amide bonds. The number of carbonyl (C=O) groups excluding carboxylic acids is 1. The fraction of sp³-hybridized carbons (Fsp3) is 0.333. The van der Waals surface area contributed by atoms with Crippen molar-refractivity contribution in [3.05, 3.63) is 29.0 Å². The predicted molar refractivity (Wildman–Crippen MR) is 52.8 cm³/mol. The van der Waals surface area contributed by atoms with Crippen molar-refractivity contribution >= 4 is 17.6 Å². The predicted octanol–water partition coefficient (Wildman–Crippen LogP) is 1.30. The zero-order valence-corrected chi connectivity index (χ0v) is 8.49. The number of halogens is 1. The van der Waals surface area contributed by atoms with Gasteiger partial charge < -0.3 is 10.5 Å². The summed E-state index contributed by atoms with van der Waals surface area (Å²) in [6.07, 6.45) is 1.65. The van der Waals surface area contributed by atoms with Gasteiger partial charge in [-0.15, -0.1) is 0 Å². The highest BCUT2D eigenvalue weighted by atomic mass is 35.5. The van der Waals surface area contributed by atoms with Gasteiger partial charge in [0.1, 0.15) is 0 Å². The Balaban J connectivity index is 2.69. The molecule has 1 aromatic rings. The van der Waals surface area contributed by atoms with E-state index in [2.05, 4.69) is 9.72 Å². The van der Waals surface area contributed by atoms with Crippen LogP contribution in [0, 0.1) is 0 Å². The Morgan fingerprint density at radius 3 is 3.07 bits per heavy atom. The number of rotatable bonds is 3. The van der Waals surface area contributed by atoms with E-state index in [-0.39, 0.29) is 12.4 Å². The minimum Gasteiger partial charge on any atom is -0.469 e. The Labute approximate surface area is 87.0 Å². The average molecular weight is 215 g/mol. The van der Waals surface area contributed by atoms with Crippen molar-refractivity contribution < 1.29 is 9.53 Å². The normalized spacial score (nSPS) is 12.2. The molecule has 1 rings (SSSR count). The molecular formula is C9H11ClN2O2. The zero-order chi connectivity index (χ0) is 10.6. The van der Waals surface area contributed by atoms with E-state index in [1.54, 1.807) is 18.3 Å². The number of hydrogen-bond donors (Lipinski definition) is 1. The summed E-state index contributed by atoms with van der Waals surface area (Å²) < 4.78 is 4.49. The second-order valence-electron chi connectivity index (χ2n) is 2.79. The first-order valence-electron chi connectivity index (χ1n) is 4.07. The molecule has 76 valence electrons. The van der Waals surface area contributed by atoms with E-state index in [1.165, 1.54) is 7.11 Å². The van der Waals surface area contributed by atoms with Crippen molar-refractivity contribution in [2.24, 2.45) is 5.73 Å². The van der Waals surface area contributed by atoms with E-state index in [0.29, 0.717) is 10.7 Å². The molecule has 0 aliphatic rings. The van der Waals surface area contributed by atoms with Gasteiger partial charge >= 0.3 is 5.97 Å². The number of methoxy groups -OCH3 is 1. The molecule has 1 atom stereocenters. The van der Waals surface area contributed by atoms with Crippen LogP contribution in [0.5, 0.6) is 0 Å². The topological polar surface area (TPSA) is 65.2 Å². The quantitative estimate of drug-likeness (QED) is 0.771. The number of nitrogens with two attached hydrogens (primary N) is 1. The van der Waals surface area contributed by atoms with E-state index in [1.807, 2.05) is 0 Å². The van der Waals surface area contributed by atoms with Gasteiger partial charge in [-0.3, -0.25) is 9.78 Å². The molecule has 0 spiro atoms. The third-order valence-corrected chi connectivity index (χ3v) is 1.97.